The maximum absolute atomic E-state index is 13.3. The number of amides is 2. The molecule has 2 heterocycles. The Morgan fingerprint density at radius 3 is 2.58 bits per heavy atom. The van der Waals surface area contributed by atoms with Gasteiger partial charge in [-0.15, -0.1) is 0 Å². The number of carbonyl (C=O) groups excluding carboxylic acids is 3. The summed E-state index contributed by atoms with van der Waals surface area (Å²) in [4.78, 5) is 41.5. The number of anilines is 1. The number of hydrogen-bond acceptors (Lipinski definition) is 7. The summed E-state index contributed by atoms with van der Waals surface area (Å²) in [5.41, 5.74) is 4.37. The van der Waals surface area contributed by atoms with Crippen molar-refractivity contribution in [3.8, 4) is 6.07 Å². The maximum Gasteiger partial charge on any atom is 0.339 e. The minimum Gasteiger partial charge on any atom is -0.465 e. The average molecular weight is 537 g/mol. The first-order valence-electron chi connectivity index (χ1n) is 12.6. The van der Waals surface area contributed by atoms with E-state index < -0.39 is 18.5 Å². The highest BCUT2D eigenvalue weighted by Crippen LogP contribution is 2.36. The third-order valence-corrected chi connectivity index (χ3v) is 6.10. The molecule has 1 aliphatic rings. The summed E-state index contributed by atoms with van der Waals surface area (Å²) >= 11 is 0. The van der Waals surface area contributed by atoms with Gasteiger partial charge in [0.2, 0.25) is 6.41 Å². The number of fused-ring (bicyclic) bond motifs is 2. The third-order valence-electron chi connectivity index (χ3n) is 6.10. The van der Waals surface area contributed by atoms with E-state index in [1.807, 2.05) is 48.5 Å². The van der Waals surface area contributed by atoms with Crippen LogP contribution in [0.1, 0.15) is 45.8 Å². The van der Waals surface area contributed by atoms with Crippen LogP contribution in [0.5, 0.6) is 0 Å². The predicted octanol–water partition coefficient (Wildman–Crippen LogP) is 5.08. The van der Waals surface area contributed by atoms with Crippen LogP contribution in [-0.4, -0.2) is 48.9 Å². The predicted molar refractivity (Wildman–Crippen MR) is 151 cm³/mol. The minimum absolute atomic E-state index is 0.331. The Bertz CT molecular complexity index is 1600. The molecule has 0 unspecified atom stereocenters. The molecule has 0 atom stereocenters. The van der Waals surface area contributed by atoms with Crippen LogP contribution in [0.15, 0.2) is 71.3 Å². The highest BCUT2D eigenvalue weighted by atomic mass is 16.5. The Morgan fingerprint density at radius 1 is 1.10 bits per heavy atom. The molecule has 5 rings (SSSR count). The molecule has 2 aromatic carbocycles. The molecule has 0 spiro atoms. The van der Waals surface area contributed by atoms with E-state index in [9.17, 15) is 19.6 Å². The van der Waals surface area contributed by atoms with Gasteiger partial charge in [0.25, 0.3) is 5.91 Å². The lowest BCUT2D eigenvalue weighted by molar-refractivity contribution is -0.119. The molecule has 0 saturated carbocycles. The van der Waals surface area contributed by atoms with E-state index in [4.69, 9.17) is 14.1 Å². The number of furan rings is 1. The number of carbonyl (C=O) groups is 3. The summed E-state index contributed by atoms with van der Waals surface area (Å²) in [5.74, 6) is -0.379. The number of para-hydroxylation sites is 2. The average Bonchev–Trinajstić information content (AvgIpc) is 3.48. The molecule has 1 N–H and O–H groups in total. The van der Waals surface area contributed by atoms with E-state index in [-0.39, 0.29) is 0 Å². The van der Waals surface area contributed by atoms with Gasteiger partial charge in [-0.05, 0) is 66.8 Å². The van der Waals surface area contributed by atoms with Crippen LogP contribution in [0.4, 0.5) is 5.69 Å². The van der Waals surface area contributed by atoms with Crippen molar-refractivity contribution >= 4 is 46.5 Å². The lowest BCUT2D eigenvalue weighted by Gasteiger charge is -2.22. The highest BCUT2D eigenvalue weighted by Gasteiger charge is 2.26. The zero-order valence-corrected chi connectivity index (χ0v) is 22.2. The van der Waals surface area contributed by atoms with Crippen LogP contribution in [0, 0.1) is 11.3 Å². The SMILES string of the molecule is CN(C)C=O.N#Cc1ccccc1NC(=O)COC(=O)c1c2c(nc3ccccc13)/C(=C/c1ccco1)CCC2. The molecule has 0 aliphatic heterocycles. The van der Waals surface area contributed by atoms with Crippen LogP contribution < -0.4 is 5.32 Å². The van der Waals surface area contributed by atoms with E-state index in [0.717, 1.165) is 41.8 Å². The van der Waals surface area contributed by atoms with Crippen molar-refractivity contribution in [2.24, 2.45) is 0 Å². The van der Waals surface area contributed by atoms with Gasteiger partial charge in [-0.25, -0.2) is 9.78 Å². The first-order valence-corrected chi connectivity index (χ1v) is 12.6. The molecule has 9 heteroatoms. The van der Waals surface area contributed by atoms with Gasteiger partial charge < -0.3 is 19.4 Å². The number of nitrogens with zero attached hydrogens (tertiary/aromatic N) is 3. The number of allylic oxidation sites excluding steroid dienone is 1. The van der Waals surface area contributed by atoms with Crippen molar-refractivity contribution in [2.75, 3.05) is 26.0 Å². The van der Waals surface area contributed by atoms with Crippen molar-refractivity contribution in [1.82, 2.24) is 9.88 Å². The van der Waals surface area contributed by atoms with Crippen molar-refractivity contribution in [2.45, 2.75) is 19.3 Å². The van der Waals surface area contributed by atoms with Crippen molar-refractivity contribution in [3.05, 3.63) is 95.1 Å². The van der Waals surface area contributed by atoms with Gasteiger partial charge in [0.05, 0.1) is 34.3 Å². The summed E-state index contributed by atoms with van der Waals surface area (Å²) in [5, 5.41) is 12.5. The van der Waals surface area contributed by atoms with E-state index in [1.54, 1.807) is 44.6 Å². The van der Waals surface area contributed by atoms with Gasteiger partial charge >= 0.3 is 5.97 Å². The standard InChI is InChI=1S/C28H21N3O4.C3H7NO/c29-16-19-7-1-3-12-23(19)30-25(32)17-35-28(33)26-21-10-2-4-13-24(21)31-27-18(8-5-11-22(26)27)15-20-9-6-14-34-20;1-4(2)3-5/h1-4,6-7,9-10,12-15H,5,8,11,17H2,(H,30,32);3H,1-2H3/b18-15+;. The normalized spacial score (nSPS) is 12.9. The van der Waals surface area contributed by atoms with Gasteiger partial charge in [-0.2, -0.15) is 5.26 Å². The first-order chi connectivity index (χ1) is 19.4. The fourth-order valence-electron chi connectivity index (χ4n) is 4.33. The Hall–Kier alpha value is -5.23. The Labute approximate surface area is 231 Å². The molecule has 9 nitrogen and oxygen atoms in total. The molecule has 0 radical (unpaired) electrons. The van der Waals surface area contributed by atoms with Gasteiger partial charge in [-0.1, -0.05) is 30.3 Å². The van der Waals surface area contributed by atoms with E-state index in [0.29, 0.717) is 34.1 Å². The lowest BCUT2D eigenvalue weighted by Crippen LogP contribution is -2.23. The molecular weight excluding hydrogens is 508 g/mol. The zero-order chi connectivity index (χ0) is 28.5. The number of esters is 1. The first kappa shape index (κ1) is 27.8. The van der Waals surface area contributed by atoms with Crippen LogP contribution in [0.2, 0.25) is 0 Å². The molecule has 1 aliphatic carbocycles. The topological polar surface area (TPSA) is 126 Å². The fraction of sp³-hybridized carbons (Fsp3) is 0.194. The smallest absolute Gasteiger partial charge is 0.339 e. The largest absolute Gasteiger partial charge is 0.465 e. The molecule has 0 saturated heterocycles. The highest BCUT2D eigenvalue weighted by molar-refractivity contribution is 6.07. The Kier molecular flexibility index (Phi) is 9.05. The number of benzene rings is 2. The number of hydrogen-bond donors (Lipinski definition) is 1. The zero-order valence-electron chi connectivity index (χ0n) is 22.2. The molecule has 202 valence electrons. The summed E-state index contributed by atoms with van der Waals surface area (Å²) in [7, 11) is 3.38. The van der Waals surface area contributed by atoms with Crippen molar-refractivity contribution in [3.63, 3.8) is 0 Å². The lowest BCUT2D eigenvalue weighted by atomic mass is 9.86. The number of ether oxygens (including phenoxy) is 1. The van der Waals surface area contributed by atoms with Crippen LogP contribution in [0.3, 0.4) is 0 Å². The quantitative estimate of drug-likeness (QED) is 0.269. The molecule has 0 bridgehead atoms. The van der Waals surface area contributed by atoms with Gasteiger partial charge in [-0.3, -0.25) is 9.59 Å². The summed E-state index contributed by atoms with van der Waals surface area (Å²) in [6.45, 7) is -0.473. The monoisotopic (exact) mass is 536 g/mol. The van der Waals surface area contributed by atoms with E-state index in [2.05, 4.69) is 5.32 Å². The number of pyridine rings is 1. The molecule has 40 heavy (non-hydrogen) atoms. The number of nitrogens with one attached hydrogen (secondary N) is 1. The molecule has 0 fully saturated rings. The molecule has 2 amide bonds. The molecule has 2 aromatic heterocycles. The van der Waals surface area contributed by atoms with Gasteiger partial charge in [0, 0.05) is 19.5 Å². The van der Waals surface area contributed by atoms with Crippen LogP contribution in [-0.2, 0) is 20.7 Å². The van der Waals surface area contributed by atoms with E-state index >= 15 is 0 Å². The van der Waals surface area contributed by atoms with Gasteiger partial charge in [0.1, 0.15) is 11.8 Å². The van der Waals surface area contributed by atoms with Crippen LogP contribution in [0.25, 0.3) is 22.6 Å². The maximum atomic E-state index is 13.3. The van der Waals surface area contributed by atoms with Crippen LogP contribution >= 0.6 is 0 Å². The molecular formula is C31H28N4O5. The molecule has 4 aromatic rings. The number of nitriles is 1. The summed E-state index contributed by atoms with van der Waals surface area (Å²) in [6.07, 6.45) is 6.66. The second-order valence-corrected chi connectivity index (χ2v) is 9.22. The Morgan fingerprint density at radius 2 is 1.85 bits per heavy atom. The van der Waals surface area contributed by atoms with E-state index in [1.165, 1.54) is 4.90 Å². The van der Waals surface area contributed by atoms with Crippen molar-refractivity contribution < 1.29 is 23.5 Å². The van der Waals surface area contributed by atoms with Crippen molar-refractivity contribution in [1.29, 1.82) is 5.26 Å². The number of aromatic nitrogens is 1. The second kappa shape index (κ2) is 13.0. The third kappa shape index (κ3) is 6.60. The fourth-order valence-corrected chi connectivity index (χ4v) is 4.33. The number of rotatable bonds is 6. The summed E-state index contributed by atoms with van der Waals surface area (Å²) < 4.78 is 10.9. The Balaban J connectivity index is 0.000000681. The minimum atomic E-state index is -0.581. The van der Waals surface area contributed by atoms with Gasteiger partial charge in [0.15, 0.2) is 6.61 Å². The second-order valence-electron chi connectivity index (χ2n) is 9.22. The summed E-state index contributed by atoms with van der Waals surface area (Å²) in [6, 6.07) is 19.8.